The van der Waals surface area contributed by atoms with E-state index >= 15 is 0 Å². The van der Waals surface area contributed by atoms with E-state index in [1.807, 2.05) is 48.5 Å². The Morgan fingerprint density at radius 3 is 2.50 bits per heavy atom. The Kier molecular flexibility index (Phi) is 6.35. The first-order chi connectivity index (χ1) is 15.4. The van der Waals surface area contributed by atoms with Crippen LogP contribution in [-0.4, -0.2) is 29.8 Å². The van der Waals surface area contributed by atoms with Crippen LogP contribution in [0.25, 0.3) is 22.2 Å². The van der Waals surface area contributed by atoms with Crippen molar-refractivity contribution in [3.8, 4) is 16.9 Å². The number of anilines is 1. The number of para-hydroxylation sites is 1. The van der Waals surface area contributed by atoms with Crippen LogP contribution >= 0.6 is 11.6 Å². The monoisotopic (exact) mass is 452 g/mol. The highest BCUT2D eigenvalue weighted by molar-refractivity contribution is 6.32. The van der Waals surface area contributed by atoms with Crippen molar-refractivity contribution in [1.29, 1.82) is 0 Å². The van der Waals surface area contributed by atoms with Crippen molar-refractivity contribution in [2.75, 3.05) is 25.5 Å². The van der Waals surface area contributed by atoms with Crippen molar-refractivity contribution in [1.82, 2.24) is 9.55 Å². The number of hydrogen-bond acceptors (Lipinski definition) is 4. The molecule has 0 unspecified atom stereocenters. The smallest absolute Gasteiger partial charge is 0.204 e. The van der Waals surface area contributed by atoms with Crippen LogP contribution in [0.5, 0.6) is 5.75 Å². The number of halogens is 2. The van der Waals surface area contributed by atoms with Gasteiger partial charge in [0.15, 0.2) is 0 Å². The van der Waals surface area contributed by atoms with Gasteiger partial charge in [-0.05, 0) is 48.7 Å². The number of benzene rings is 3. The lowest BCUT2D eigenvalue weighted by Crippen LogP contribution is -2.16. The molecule has 0 bridgehead atoms. The van der Waals surface area contributed by atoms with Crippen molar-refractivity contribution >= 4 is 28.6 Å². The highest BCUT2D eigenvalue weighted by Crippen LogP contribution is 2.38. The molecule has 0 amide bonds. The molecular weight excluding hydrogens is 427 g/mol. The second-order valence-electron chi connectivity index (χ2n) is 7.80. The normalized spacial score (nSPS) is 11.2. The minimum Gasteiger partial charge on any atom is -0.496 e. The maximum Gasteiger partial charge on any atom is 0.204 e. The van der Waals surface area contributed by atoms with Crippen molar-refractivity contribution < 1.29 is 9.13 Å². The third-order valence-electron chi connectivity index (χ3n) is 5.48. The van der Waals surface area contributed by atoms with E-state index in [1.54, 1.807) is 21.0 Å². The first kappa shape index (κ1) is 22.1. The van der Waals surface area contributed by atoms with Gasteiger partial charge in [-0.1, -0.05) is 41.9 Å². The molecule has 4 aromatic rings. The van der Waals surface area contributed by atoms with Crippen molar-refractivity contribution in [2.45, 2.75) is 20.4 Å². The Bertz CT molecular complexity index is 1260. The quantitative estimate of drug-likeness (QED) is 0.386. The number of ether oxygens (including phenoxy) is 1. The molecule has 3 aromatic carbocycles. The molecule has 1 heterocycles. The van der Waals surface area contributed by atoms with Crippen LogP contribution in [-0.2, 0) is 6.54 Å². The minimum absolute atomic E-state index is 0.174. The number of hydrogen-bond donors (Lipinski definition) is 2. The maximum atomic E-state index is 14.2. The van der Waals surface area contributed by atoms with Crippen LogP contribution in [0.15, 0.2) is 48.5 Å². The molecule has 0 aliphatic rings. The SMILES string of the molecule is COc1ccccc1-c1cc(Cl)cc2c1nc(NCCN)n2Cc1cc(C)c(F)c(C)c1. The van der Waals surface area contributed by atoms with Gasteiger partial charge in [-0.15, -0.1) is 0 Å². The van der Waals surface area contributed by atoms with Gasteiger partial charge >= 0.3 is 0 Å². The molecule has 0 fully saturated rings. The van der Waals surface area contributed by atoms with Crippen LogP contribution in [0.3, 0.4) is 0 Å². The molecule has 0 spiro atoms. The van der Waals surface area contributed by atoms with Crippen LogP contribution in [0.1, 0.15) is 16.7 Å². The van der Waals surface area contributed by atoms with Gasteiger partial charge in [0.2, 0.25) is 5.95 Å². The summed E-state index contributed by atoms with van der Waals surface area (Å²) in [6.07, 6.45) is 0. The fourth-order valence-electron chi connectivity index (χ4n) is 4.05. The predicted molar refractivity (Wildman–Crippen MR) is 129 cm³/mol. The summed E-state index contributed by atoms with van der Waals surface area (Å²) in [5, 5.41) is 3.91. The van der Waals surface area contributed by atoms with E-state index < -0.39 is 0 Å². The van der Waals surface area contributed by atoms with Crippen LogP contribution < -0.4 is 15.8 Å². The van der Waals surface area contributed by atoms with Gasteiger partial charge in [-0.2, -0.15) is 0 Å². The summed E-state index contributed by atoms with van der Waals surface area (Å²) < 4.78 is 21.8. The third kappa shape index (κ3) is 4.16. The van der Waals surface area contributed by atoms with Gasteiger partial charge < -0.3 is 20.4 Å². The molecule has 0 aliphatic carbocycles. The number of nitrogens with zero attached hydrogens (tertiary/aromatic N) is 2. The van der Waals surface area contributed by atoms with Crippen molar-refractivity contribution in [2.24, 2.45) is 5.73 Å². The number of rotatable bonds is 7. The Morgan fingerprint density at radius 2 is 1.81 bits per heavy atom. The van der Waals surface area contributed by atoms with Crippen molar-refractivity contribution in [3.63, 3.8) is 0 Å². The predicted octanol–water partition coefficient (Wildman–Crippen LogP) is 5.54. The summed E-state index contributed by atoms with van der Waals surface area (Å²) in [5.74, 6) is 1.25. The number of imidazole rings is 1. The first-order valence-electron chi connectivity index (χ1n) is 10.5. The zero-order valence-corrected chi connectivity index (χ0v) is 19.1. The van der Waals surface area contributed by atoms with Gasteiger partial charge in [0.1, 0.15) is 11.6 Å². The molecule has 0 aliphatic heterocycles. The maximum absolute atomic E-state index is 14.2. The molecular formula is C25H26ClFN4O. The fourth-order valence-corrected chi connectivity index (χ4v) is 4.26. The Hall–Kier alpha value is -3.09. The Morgan fingerprint density at radius 1 is 1.09 bits per heavy atom. The Labute approximate surface area is 192 Å². The van der Waals surface area contributed by atoms with Gasteiger partial charge in [0.05, 0.1) is 24.7 Å². The van der Waals surface area contributed by atoms with Gasteiger partial charge in [0, 0.05) is 29.2 Å². The molecule has 1 aromatic heterocycles. The number of aromatic nitrogens is 2. The molecule has 166 valence electrons. The average Bonchev–Trinajstić information content (AvgIpc) is 3.12. The topological polar surface area (TPSA) is 65.1 Å². The van der Waals surface area contributed by atoms with Gasteiger partial charge in [0.25, 0.3) is 0 Å². The van der Waals surface area contributed by atoms with E-state index in [1.165, 1.54) is 0 Å². The zero-order chi connectivity index (χ0) is 22.8. The zero-order valence-electron chi connectivity index (χ0n) is 18.4. The summed E-state index contributed by atoms with van der Waals surface area (Å²) in [5.41, 5.74) is 11.4. The molecule has 0 radical (unpaired) electrons. The lowest BCUT2D eigenvalue weighted by Gasteiger charge is -2.13. The second-order valence-corrected chi connectivity index (χ2v) is 8.24. The third-order valence-corrected chi connectivity index (χ3v) is 5.70. The van der Waals surface area contributed by atoms with Gasteiger partial charge in [-0.25, -0.2) is 9.37 Å². The minimum atomic E-state index is -0.174. The molecule has 0 saturated carbocycles. The standard InChI is InChI=1S/C25H26ClFN4O/c1-15-10-17(11-16(2)23(15)27)14-31-21-13-18(26)12-20(19-6-4-5-7-22(19)32-3)24(21)30-25(31)29-9-8-28/h4-7,10-13H,8-9,14,28H2,1-3H3,(H,29,30). The lowest BCUT2D eigenvalue weighted by molar-refractivity contribution is 0.416. The molecule has 3 N–H and O–H groups in total. The Balaban J connectivity index is 1.93. The number of nitrogens with two attached hydrogens (primary N) is 1. The van der Waals surface area contributed by atoms with Crippen molar-refractivity contribution in [3.05, 3.63) is 76.1 Å². The molecule has 32 heavy (non-hydrogen) atoms. The molecule has 4 rings (SSSR count). The summed E-state index contributed by atoms with van der Waals surface area (Å²) in [4.78, 5) is 4.91. The lowest BCUT2D eigenvalue weighted by atomic mass is 10.0. The summed E-state index contributed by atoms with van der Waals surface area (Å²) in [6, 6.07) is 15.3. The van der Waals surface area contributed by atoms with Crippen LogP contribution in [0, 0.1) is 19.7 Å². The first-order valence-corrected chi connectivity index (χ1v) is 10.8. The molecule has 0 atom stereocenters. The van der Waals surface area contributed by atoms with E-state index in [-0.39, 0.29) is 5.82 Å². The number of methoxy groups -OCH3 is 1. The molecule has 0 saturated heterocycles. The molecule has 5 nitrogen and oxygen atoms in total. The summed E-state index contributed by atoms with van der Waals surface area (Å²) >= 11 is 6.56. The number of nitrogens with one attached hydrogen (secondary N) is 1. The summed E-state index contributed by atoms with van der Waals surface area (Å²) in [7, 11) is 1.65. The second kappa shape index (κ2) is 9.18. The largest absolute Gasteiger partial charge is 0.496 e. The van der Waals surface area contributed by atoms with E-state index in [0.717, 1.165) is 33.5 Å². The molecule has 7 heteroatoms. The van der Waals surface area contributed by atoms with E-state index in [4.69, 9.17) is 27.1 Å². The summed E-state index contributed by atoms with van der Waals surface area (Å²) in [6.45, 7) is 5.11. The van der Waals surface area contributed by atoms with Crippen LogP contribution in [0.4, 0.5) is 10.3 Å². The van der Waals surface area contributed by atoms with E-state index in [9.17, 15) is 4.39 Å². The van der Waals surface area contributed by atoms with E-state index in [2.05, 4.69) is 9.88 Å². The number of fused-ring (bicyclic) bond motifs is 1. The average molecular weight is 453 g/mol. The van der Waals surface area contributed by atoms with E-state index in [0.29, 0.717) is 41.7 Å². The highest BCUT2D eigenvalue weighted by atomic mass is 35.5. The number of aryl methyl sites for hydroxylation is 2. The highest BCUT2D eigenvalue weighted by Gasteiger charge is 2.18. The fraction of sp³-hybridized carbons (Fsp3) is 0.240. The van der Waals surface area contributed by atoms with Gasteiger partial charge in [-0.3, -0.25) is 0 Å². The van der Waals surface area contributed by atoms with Crippen LogP contribution in [0.2, 0.25) is 5.02 Å².